The molecule has 2 heterocycles. The molecule has 3 aromatic rings. The molecule has 0 aliphatic rings. The molecular formula is C18H14Cl2N4O. The van der Waals surface area contributed by atoms with Gasteiger partial charge < -0.3 is 10.6 Å². The highest BCUT2D eigenvalue weighted by Crippen LogP contribution is 2.32. The Labute approximate surface area is 155 Å². The van der Waals surface area contributed by atoms with Crippen LogP contribution < -0.4 is 10.6 Å². The summed E-state index contributed by atoms with van der Waals surface area (Å²) >= 11 is 12.3. The minimum atomic E-state index is -0.221. The second kappa shape index (κ2) is 7.96. The number of rotatable bonds is 5. The van der Waals surface area contributed by atoms with E-state index < -0.39 is 0 Å². The molecule has 0 aliphatic carbocycles. The molecule has 7 heteroatoms. The third-order valence-corrected chi connectivity index (χ3v) is 4.02. The molecular weight excluding hydrogens is 359 g/mol. The molecule has 0 aliphatic heterocycles. The van der Waals surface area contributed by atoms with Gasteiger partial charge in [0, 0.05) is 18.0 Å². The van der Waals surface area contributed by atoms with Gasteiger partial charge >= 0.3 is 0 Å². The molecule has 0 fully saturated rings. The molecule has 5 nitrogen and oxygen atoms in total. The molecule has 0 saturated carbocycles. The lowest BCUT2D eigenvalue weighted by molar-refractivity contribution is 0.0950. The van der Waals surface area contributed by atoms with Crippen LogP contribution in [0.4, 0.5) is 11.5 Å². The maximum absolute atomic E-state index is 12.3. The van der Waals surface area contributed by atoms with Crippen molar-refractivity contribution in [1.29, 1.82) is 0 Å². The molecule has 25 heavy (non-hydrogen) atoms. The third-order valence-electron chi connectivity index (χ3n) is 3.39. The van der Waals surface area contributed by atoms with Crippen LogP contribution in [-0.4, -0.2) is 15.9 Å². The minimum Gasteiger partial charge on any atom is -0.346 e. The highest BCUT2D eigenvalue weighted by Gasteiger charge is 2.10. The number of carbonyl (C=O) groups is 1. The second-order valence-electron chi connectivity index (χ2n) is 5.16. The number of carbonyl (C=O) groups excluding carboxylic acids is 1. The number of para-hydroxylation sites is 1. The van der Waals surface area contributed by atoms with Gasteiger partial charge in [-0.05, 0) is 36.4 Å². The number of anilines is 2. The highest BCUT2D eigenvalue weighted by atomic mass is 35.5. The monoisotopic (exact) mass is 372 g/mol. The zero-order chi connectivity index (χ0) is 17.6. The molecule has 2 N–H and O–H groups in total. The van der Waals surface area contributed by atoms with Crippen molar-refractivity contribution in [3.05, 3.63) is 82.2 Å². The molecule has 1 amide bonds. The molecule has 0 bridgehead atoms. The smallest absolute Gasteiger partial charge is 0.251 e. The zero-order valence-corrected chi connectivity index (χ0v) is 14.6. The van der Waals surface area contributed by atoms with Crippen molar-refractivity contribution in [1.82, 2.24) is 15.3 Å². The quantitative estimate of drug-likeness (QED) is 0.693. The standard InChI is InChI=1S/C18H14Cl2N4O/c19-14-5-3-6-15(20)17(14)24-16-10-12(7-9-22-16)18(25)23-11-13-4-1-2-8-21-13/h1-10H,11H2,(H,22,24)(H,23,25). The van der Waals surface area contributed by atoms with Crippen molar-refractivity contribution in [3.63, 3.8) is 0 Å². The van der Waals surface area contributed by atoms with E-state index in [1.807, 2.05) is 18.2 Å². The number of pyridine rings is 2. The van der Waals surface area contributed by atoms with E-state index in [1.54, 1.807) is 42.7 Å². The Balaban J connectivity index is 1.72. The number of hydrogen-bond donors (Lipinski definition) is 2. The maximum atomic E-state index is 12.3. The van der Waals surface area contributed by atoms with Gasteiger partial charge in [-0.1, -0.05) is 35.3 Å². The molecule has 0 spiro atoms. The van der Waals surface area contributed by atoms with Crippen LogP contribution in [0.3, 0.4) is 0 Å². The average Bonchev–Trinajstić information content (AvgIpc) is 2.64. The summed E-state index contributed by atoms with van der Waals surface area (Å²) in [4.78, 5) is 20.7. The van der Waals surface area contributed by atoms with Crippen molar-refractivity contribution in [3.8, 4) is 0 Å². The van der Waals surface area contributed by atoms with Gasteiger partial charge in [-0.2, -0.15) is 0 Å². The molecule has 1 aromatic carbocycles. The predicted molar refractivity (Wildman–Crippen MR) is 99.4 cm³/mol. The van der Waals surface area contributed by atoms with Gasteiger partial charge in [0.15, 0.2) is 0 Å². The predicted octanol–water partition coefficient (Wildman–Crippen LogP) is 4.46. The summed E-state index contributed by atoms with van der Waals surface area (Å²) in [6, 6.07) is 14.0. The summed E-state index contributed by atoms with van der Waals surface area (Å²) in [5.41, 5.74) is 1.80. The first-order valence-electron chi connectivity index (χ1n) is 7.48. The van der Waals surface area contributed by atoms with E-state index in [0.717, 1.165) is 5.69 Å². The zero-order valence-electron chi connectivity index (χ0n) is 13.0. The van der Waals surface area contributed by atoms with Gasteiger partial charge in [0.2, 0.25) is 0 Å². The van der Waals surface area contributed by atoms with Gasteiger partial charge in [-0.3, -0.25) is 9.78 Å². The van der Waals surface area contributed by atoms with E-state index in [4.69, 9.17) is 23.2 Å². The summed E-state index contributed by atoms with van der Waals surface area (Å²) in [5, 5.41) is 6.81. The summed E-state index contributed by atoms with van der Waals surface area (Å²) in [7, 11) is 0. The summed E-state index contributed by atoms with van der Waals surface area (Å²) in [5.74, 6) is 0.252. The topological polar surface area (TPSA) is 66.9 Å². The van der Waals surface area contributed by atoms with Crippen molar-refractivity contribution in [2.75, 3.05) is 5.32 Å². The largest absolute Gasteiger partial charge is 0.346 e. The first-order valence-corrected chi connectivity index (χ1v) is 8.24. The van der Waals surface area contributed by atoms with E-state index in [-0.39, 0.29) is 5.91 Å². The number of halogens is 2. The number of nitrogens with one attached hydrogen (secondary N) is 2. The van der Waals surface area contributed by atoms with Crippen molar-refractivity contribution >= 4 is 40.6 Å². The molecule has 0 atom stereocenters. The summed E-state index contributed by atoms with van der Waals surface area (Å²) in [6.45, 7) is 0.348. The fraction of sp³-hybridized carbons (Fsp3) is 0.0556. The van der Waals surface area contributed by atoms with Gasteiger partial charge in [0.25, 0.3) is 5.91 Å². The Hall–Kier alpha value is -2.63. The van der Waals surface area contributed by atoms with E-state index in [2.05, 4.69) is 20.6 Å². The average molecular weight is 373 g/mol. The lowest BCUT2D eigenvalue weighted by atomic mass is 10.2. The Morgan fingerprint density at radius 2 is 1.76 bits per heavy atom. The van der Waals surface area contributed by atoms with Gasteiger partial charge in [-0.25, -0.2) is 4.98 Å². The summed E-state index contributed by atoms with van der Waals surface area (Å²) < 4.78 is 0. The van der Waals surface area contributed by atoms with E-state index >= 15 is 0 Å². The first kappa shape index (κ1) is 17.2. The SMILES string of the molecule is O=C(NCc1ccccn1)c1ccnc(Nc2c(Cl)cccc2Cl)c1. The fourth-order valence-corrected chi connectivity index (χ4v) is 2.65. The molecule has 0 unspecified atom stereocenters. The Kier molecular flexibility index (Phi) is 5.48. The van der Waals surface area contributed by atoms with Gasteiger partial charge in [0.1, 0.15) is 5.82 Å². The highest BCUT2D eigenvalue weighted by molar-refractivity contribution is 6.39. The number of amides is 1. The molecule has 0 saturated heterocycles. The van der Waals surface area contributed by atoms with Gasteiger partial charge in [-0.15, -0.1) is 0 Å². The van der Waals surface area contributed by atoms with Crippen LogP contribution in [0.2, 0.25) is 10.0 Å². The fourth-order valence-electron chi connectivity index (χ4n) is 2.16. The van der Waals surface area contributed by atoms with Crippen molar-refractivity contribution in [2.45, 2.75) is 6.54 Å². The number of hydrogen-bond acceptors (Lipinski definition) is 4. The normalized spacial score (nSPS) is 10.3. The third kappa shape index (κ3) is 4.47. The Morgan fingerprint density at radius 3 is 2.48 bits per heavy atom. The van der Waals surface area contributed by atoms with Gasteiger partial charge in [0.05, 0.1) is 28.0 Å². The Bertz CT molecular complexity index is 867. The van der Waals surface area contributed by atoms with Crippen molar-refractivity contribution < 1.29 is 4.79 Å². The molecule has 3 rings (SSSR count). The molecule has 2 aromatic heterocycles. The van der Waals surface area contributed by atoms with Crippen LogP contribution in [0.1, 0.15) is 16.1 Å². The van der Waals surface area contributed by atoms with E-state index in [0.29, 0.717) is 33.7 Å². The van der Waals surface area contributed by atoms with E-state index in [9.17, 15) is 4.79 Å². The van der Waals surface area contributed by atoms with Crippen LogP contribution in [0.5, 0.6) is 0 Å². The second-order valence-corrected chi connectivity index (χ2v) is 5.97. The first-order chi connectivity index (χ1) is 12.1. The van der Waals surface area contributed by atoms with Crippen LogP contribution in [0.15, 0.2) is 60.9 Å². The van der Waals surface area contributed by atoms with Crippen LogP contribution in [0.25, 0.3) is 0 Å². The molecule has 0 radical (unpaired) electrons. The molecule has 126 valence electrons. The lowest BCUT2D eigenvalue weighted by Gasteiger charge is -2.11. The van der Waals surface area contributed by atoms with Crippen LogP contribution in [-0.2, 0) is 6.54 Å². The number of nitrogens with zero attached hydrogens (tertiary/aromatic N) is 2. The maximum Gasteiger partial charge on any atom is 0.251 e. The summed E-state index contributed by atoms with van der Waals surface area (Å²) in [6.07, 6.45) is 3.23. The number of benzene rings is 1. The van der Waals surface area contributed by atoms with Crippen LogP contribution >= 0.6 is 23.2 Å². The number of aromatic nitrogens is 2. The Morgan fingerprint density at radius 1 is 0.960 bits per heavy atom. The minimum absolute atomic E-state index is 0.221. The van der Waals surface area contributed by atoms with Crippen molar-refractivity contribution in [2.24, 2.45) is 0 Å². The van der Waals surface area contributed by atoms with Crippen LogP contribution in [0, 0.1) is 0 Å². The van der Waals surface area contributed by atoms with E-state index in [1.165, 1.54) is 0 Å². The lowest BCUT2D eigenvalue weighted by Crippen LogP contribution is -2.23.